The van der Waals surface area contributed by atoms with Crippen LogP contribution >= 0.6 is 11.3 Å². The van der Waals surface area contributed by atoms with Gasteiger partial charge in [-0.15, -0.1) is 11.3 Å². The van der Waals surface area contributed by atoms with Crippen LogP contribution in [0.15, 0.2) is 17.5 Å². The fourth-order valence-electron chi connectivity index (χ4n) is 2.39. The van der Waals surface area contributed by atoms with E-state index in [0.29, 0.717) is 17.5 Å². The maximum absolute atomic E-state index is 11.6. The van der Waals surface area contributed by atoms with Gasteiger partial charge in [0.15, 0.2) is 0 Å². The van der Waals surface area contributed by atoms with E-state index in [1.165, 1.54) is 37.1 Å². The molecule has 0 bridgehead atoms. The summed E-state index contributed by atoms with van der Waals surface area (Å²) in [7, 11) is 0. The Hall–Kier alpha value is -0.870. The van der Waals surface area contributed by atoms with Gasteiger partial charge < -0.3 is 9.64 Å². The van der Waals surface area contributed by atoms with Crippen LogP contribution in [0.4, 0.5) is 0 Å². The molecule has 3 nitrogen and oxygen atoms in total. The van der Waals surface area contributed by atoms with Crippen molar-refractivity contribution in [3.05, 3.63) is 22.4 Å². The molecule has 1 aliphatic rings. The highest BCUT2D eigenvalue weighted by Gasteiger charge is 2.17. The average Bonchev–Trinajstić information content (AvgIpc) is 2.90. The zero-order chi connectivity index (χ0) is 12.8. The molecule has 1 aromatic rings. The molecule has 4 heteroatoms. The van der Waals surface area contributed by atoms with Crippen LogP contribution in [0.1, 0.15) is 42.3 Å². The molecule has 0 N–H and O–H groups in total. The van der Waals surface area contributed by atoms with Gasteiger partial charge in [-0.1, -0.05) is 12.5 Å². The molecule has 1 unspecified atom stereocenters. The van der Waals surface area contributed by atoms with Crippen LogP contribution in [-0.4, -0.2) is 36.6 Å². The highest BCUT2D eigenvalue weighted by atomic mass is 32.1. The Morgan fingerprint density at radius 3 is 3.17 bits per heavy atom. The lowest BCUT2D eigenvalue weighted by Gasteiger charge is -2.33. The molecule has 1 fully saturated rings. The number of hydrogen-bond donors (Lipinski definition) is 0. The number of nitrogens with zero attached hydrogens (tertiary/aromatic N) is 1. The van der Waals surface area contributed by atoms with Gasteiger partial charge in [-0.05, 0) is 44.2 Å². The zero-order valence-corrected chi connectivity index (χ0v) is 11.7. The Morgan fingerprint density at radius 1 is 1.56 bits per heavy atom. The third-order valence-corrected chi connectivity index (χ3v) is 4.34. The number of rotatable bonds is 5. The molecular weight excluding hydrogens is 246 g/mol. The van der Waals surface area contributed by atoms with Gasteiger partial charge in [0.05, 0.1) is 6.61 Å². The van der Waals surface area contributed by atoms with Crippen molar-refractivity contribution in [1.29, 1.82) is 0 Å². The van der Waals surface area contributed by atoms with Crippen molar-refractivity contribution < 1.29 is 9.53 Å². The molecule has 2 heterocycles. The standard InChI is InChI=1S/C14H21NO2S/c1-12-6-2-3-8-15(12)9-5-10-17-14(16)13-7-4-11-18-13/h4,7,11-12H,2-3,5-6,8-10H2,1H3. The molecule has 1 atom stereocenters. The van der Waals surface area contributed by atoms with E-state index in [1.807, 2.05) is 11.4 Å². The van der Waals surface area contributed by atoms with Gasteiger partial charge in [0.25, 0.3) is 0 Å². The normalized spacial score (nSPS) is 20.8. The summed E-state index contributed by atoms with van der Waals surface area (Å²) in [5, 5.41) is 1.89. The zero-order valence-electron chi connectivity index (χ0n) is 10.9. The topological polar surface area (TPSA) is 29.5 Å². The first-order chi connectivity index (χ1) is 8.77. The Balaban J connectivity index is 1.62. The maximum Gasteiger partial charge on any atom is 0.348 e. The Morgan fingerprint density at radius 2 is 2.44 bits per heavy atom. The van der Waals surface area contributed by atoms with Crippen LogP contribution in [0.2, 0.25) is 0 Å². The van der Waals surface area contributed by atoms with Gasteiger partial charge in [-0.3, -0.25) is 0 Å². The number of ether oxygens (including phenoxy) is 1. The van der Waals surface area contributed by atoms with E-state index in [4.69, 9.17) is 4.74 Å². The Kier molecular flexibility index (Phi) is 5.20. The quantitative estimate of drug-likeness (QED) is 0.606. The average molecular weight is 267 g/mol. The van der Waals surface area contributed by atoms with Crippen LogP contribution in [0.5, 0.6) is 0 Å². The number of esters is 1. The Labute approximate surface area is 113 Å². The van der Waals surface area contributed by atoms with Crippen molar-refractivity contribution >= 4 is 17.3 Å². The molecule has 1 aliphatic heterocycles. The van der Waals surface area contributed by atoms with E-state index in [2.05, 4.69) is 11.8 Å². The molecule has 18 heavy (non-hydrogen) atoms. The fraction of sp³-hybridized carbons (Fsp3) is 0.643. The summed E-state index contributed by atoms with van der Waals surface area (Å²) in [4.78, 5) is 14.8. The van der Waals surface area contributed by atoms with Crippen molar-refractivity contribution in [3.63, 3.8) is 0 Å². The molecular formula is C14H21NO2S. The molecule has 0 amide bonds. The molecule has 1 saturated heterocycles. The van der Waals surface area contributed by atoms with E-state index in [-0.39, 0.29) is 5.97 Å². The van der Waals surface area contributed by atoms with Crippen LogP contribution in [0, 0.1) is 0 Å². The first kappa shape index (κ1) is 13.6. The maximum atomic E-state index is 11.6. The van der Waals surface area contributed by atoms with Crippen LogP contribution in [0.3, 0.4) is 0 Å². The van der Waals surface area contributed by atoms with Crippen LogP contribution in [0.25, 0.3) is 0 Å². The van der Waals surface area contributed by atoms with Crippen molar-refractivity contribution in [2.45, 2.75) is 38.6 Å². The summed E-state index contributed by atoms with van der Waals surface area (Å²) in [5.74, 6) is -0.184. The molecule has 2 rings (SSSR count). The second kappa shape index (κ2) is 6.90. The number of carbonyl (C=O) groups is 1. The molecule has 0 saturated carbocycles. The number of piperidine rings is 1. The molecule has 0 spiro atoms. The summed E-state index contributed by atoms with van der Waals surface area (Å²) >= 11 is 1.43. The predicted molar refractivity (Wildman–Crippen MR) is 74.1 cm³/mol. The van der Waals surface area contributed by atoms with Gasteiger partial charge in [0.2, 0.25) is 0 Å². The van der Waals surface area contributed by atoms with Gasteiger partial charge in [0, 0.05) is 12.6 Å². The minimum absolute atomic E-state index is 0.184. The Bertz CT molecular complexity index is 364. The summed E-state index contributed by atoms with van der Waals surface area (Å²) < 4.78 is 5.26. The molecule has 100 valence electrons. The summed E-state index contributed by atoms with van der Waals surface area (Å²) in [5.41, 5.74) is 0. The van der Waals surface area contributed by atoms with Crippen molar-refractivity contribution in [2.24, 2.45) is 0 Å². The molecule has 0 radical (unpaired) electrons. The lowest BCUT2D eigenvalue weighted by Crippen LogP contribution is -2.38. The third kappa shape index (κ3) is 3.82. The largest absolute Gasteiger partial charge is 0.461 e. The molecule has 0 aliphatic carbocycles. The van der Waals surface area contributed by atoms with E-state index in [1.54, 1.807) is 6.07 Å². The minimum Gasteiger partial charge on any atom is -0.461 e. The predicted octanol–water partition coefficient (Wildman–Crippen LogP) is 3.17. The SMILES string of the molecule is CC1CCCCN1CCCOC(=O)c1cccs1. The minimum atomic E-state index is -0.184. The summed E-state index contributed by atoms with van der Waals surface area (Å²) in [6.07, 6.45) is 4.89. The number of thiophene rings is 1. The summed E-state index contributed by atoms with van der Waals surface area (Å²) in [6.45, 7) is 5.05. The van der Waals surface area contributed by atoms with Crippen molar-refractivity contribution in [3.8, 4) is 0 Å². The lowest BCUT2D eigenvalue weighted by atomic mass is 10.0. The molecule has 1 aromatic heterocycles. The molecule has 0 aromatic carbocycles. The number of hydrogen-bond acceptors (Lipinski definition) is 4. The van der Waals surface area contributed by atoms with Gasteiger partial charge in [-0.25, -0.2) is 4.79 Å². The van der Waals surface area contributed by atoms with Crippen molar-refractivity contribution in [2.75, 3.05) is 19.7 Å². The van der Waals surface area contributed by atoms with Crippen molar-refractivity contribution in [1.82, 2.24) is 4.90 Å². The highest BCUT2D eigenvalue weighted by molar-refractivity contribution is 7.11. The first-order valence-corrected chi connectivity index (χ1v) is 7.60. The van der Waals surface area contributed by atoms with E-state index < -0.39 is 0 Å². The van der Waals surface area contributed by atoms with E-state index in [9.17, 15) is 4.79 Å². The summed E-state index contributed by atoms with van der Waals surface area (Å²) in [6, 6.07) is 4.36. The van der Waals surface area contributed by atoms with Gasteiger partial charge in [0.1, 0.15) is 4.88 Å². The number of carbonyl (C=O) groups excluding carboxylic acids is 1. The second-order valence-corrected chi connectivity index (χ2v) is 5.80. The first-order valence-electron chi connectivity index (χ1n) is 6.72. The van der Waals surface area contributed by atoms with E-state index >= 15 is 0 Å². The fourth-order valence-corrected chi connectivity index (χ4v) is 3.00. The number of likely N-dealkylation sites (tertiary alicyclic amines) is 1. The van der Waals surface area contributed by atoms with Crippen LogP contribution in [-0.2, 0) is 4.74 Å². The van der Waals surface area contributed by atoms with E-state index in [0.717, 1.165) is 13.0 Å². The van der Waals surface area contributed by atoms with Gasteiger partial charge in [-0.2, -0.15) is 0 Å². The van der Waals surface area contributed by atoms with Crippen LogP contribution < -0.4 is 0 Å². The second-order valence-electron chi connectivity index (χ2n) is 4.85. The monoisotopic (exact) mass is 267 g/mol. The van der Waals surface area contributed by atoms with Gasteiger partial charge >= 0.3 is 5.97 Å². The smallest absolute Gasteiger partial charge is 0.348 e. The highest BCUT2D eigenvalue weighted by Crippen LogP contribution is 2.16. The lowest BCUT2D eigenvalue weighted by molar-refractivity contribution is 0.0481. The third-order valence-electron chi connectivity index (χ3n) is 3.49.